The third-order valence-corrected chi connectivity index (χ3v) is 3.37. The molecule has 5 nitrogen and oxygen atoms in total. The van der Waals surface area contributed by atoms with Crippen molar-refractivity contribution in [3.05, 3.63) is 48.5 Å². The summed E-state index contributed by atoms with van der Waals surface area (Å²) in [5.41, 5.74) is 1.65. The number of amides is 1. The Bertz CT molecular complexity index is 669. The molecular weight excluding hydrogens is 316 g/mol. The SMILES string of the molecule is CCOc1ccc(NC(=O)CCNc2ccccc2OC(C)C)cc1. The van der Waals surface area contributed by atoms with Crippen LogP contribution in [0.5, 0.6) is 11.5 Å². The van der Waals surface area contributed by atoms with Crippen molar-refractivity contribution in [3.8, 4) is 11.5 Å². The van der Waals surface area contributed by atoms with E-state index in [1.807, 2.05) is 69.3 Å². The van der Waals surface area contributed by atoms with Crippen molar-refractivity contribution in [3.63, 3.8) is 0 Å². The molecule has 134 valence electrons. The second kappa shape index (κ2) is 9.57. The molecule has 2 aromatic carbocycles. The van der Waals surface area contributed by atoms with Gasteiger partial charge in [-0.3, -0.25) is 4.79 Å². The maximum absolute atomic E-state index is 12.1. The van der Waals surface area contributed by atoms with Gasteiger partial charge in [-0.1, -0.05) is 12.1 Å². The molecule has 0 saturated heterocycles. The molecule has 0 aromatic heterocycles. The van der Waals surface area contributed by atoms with Gasteiger partial charge in [0.25, 0.3) is 0 Å². The highest BCUT2D eigenvalue weighted by molar-refractivity contribution is 5.91. The zero-order valence-electron chi connectivity index (χ0n) is 15.0. The summed E-state index contributed by atoms with van der Waals surface area (Å²) in [4.78, 5) is 12.1. The number of anilines is 2. The summed E-state index contributed by atoms with van der Waals surface area (Å²) in [6, 6.07) is 15.1. The summed E-state index contributed by atoms with van der Waals surface area (Å²) in [6.07, 6.45) is 0.467. The minimum absolute atomic E-state index is 0.0427. The predicted molar refractivity (Wildman–Crippen MR) is 102 cm³/mol. The molecular formula is C20H26N2O3. The van der Waals surface area contributed by atoms with Crippen molar-refractivity contribution in [2.75, 3.05) is 23.8 Å². The summed E-state index contributed by atoms with van der Waals surface area (Å²) in [7, 11) is 0. The molecule has 0 aliphatic rings. The second-order valence-electron chi connectivity index (χ2n) is 5.85. The van der Waals surface area contributed by atoms with Crippen molar-refractivity contribution in [2.45, 2.75) is 33.3 Å². The van der Waals surface area contributed by atoms with E-state index < -0.39 is 0 Å². The highest BCUT2D eigenvalue weighted by atomic mass is 16.5. The lowest BCUT2D eigenvalue weighted by Crippen LogP contribution is -2.16. The van der Waals surface area contributed by atoms with E-state index in [0.29, 0.717) is 19.6 Å². The average molecular weight is 342 g/mol. The molecule has 0 radical (unpaired) electrons. The Balaban J connectivity index is 1.80. The molecule has 0 aliphatic carbocycles. The topological polar surface area (TPSA) is 59.6 Å². The molecule has 25 heavy (non-hydrogen) atoms. The van der Waals surface area contributed by atoms with Gasteiger partial charge < -0.3 is 20.1 Å². The minimum atomic E-state index is -0.0427. The predicted octanol–water partition coefficient (Wildman–Crippen LogP) is 4.31. The Kier molecular flexibility index (Phi) is 7.14. The minimum Gasteiger partial charge on any atom is -0.494 e. The van der Waals surface area contributed by atoms with E-state index in [-0.39, 0.29) is 12.0 Å². The maximum Gasteiger partial charge on any atom is 0.226 e. The molecule has 0 bridgehead atoms. The van der Waals surface area contributed by atoms with Gasteiger partial charge in [0.2, 0.25) is 5.91 Å². The maximum atomic E-state index is 12.1. The van der Waals surface area contributed by atoms with E-state index in [1.165, 1.54) is 0 Å². The van der Waals surface area contributed by atoms with Crippen molar-refractivity contribution < 1.29 is 14.3 Å². The Morgan fingerprint density at radius 1 is 1.08 bits per heavy atom. The lowest BCUT2D eigenvalue weighted by molar-refractivity contribution is -0.115. The van der Waals surface area contributed by atoms with E-state index in [1.54, 1.807) is 0 Å². The molecule has 0 heterocycles. The largest absolute Gasteiger partial charge is 0.494 e. The lowest BCUT2D eigenvalue weighted by Gasteiger charge is -2.15. The Hall–Kier alpha value is -2.69. The van der Waals surface area contributed by atoms with Gasteiger partial charge in [-0.25, -0.2) is 0 Å². The van der Waals surface area contributed by atoms with Crippen LogP contribution < -0.4 is 20.1 Å². The van der Waals surface area contributed by atoms with Crippen molar-refractivity contribution in [1.82, 2.24) is 0 Å². The Morgan fingerprint density at radius 2 is 1.80 bits per heavy atom. The summed E-state index contributed by atoms with van der Waals surface area (Å²) in [6.45, 7) is 7.07. The van der Waals surface area contributed by atoms with Gasteiger partial charge in [-0.2, -0.15) is 0 Å². The van der Waals surface area contributed by atoms with Crippen LogP contribution in [-0.2, 0) is 4.79 Å². The molecule has 2 N–H and O–H groups in total. The Labute approximate surface area is 149 Å². The zero-order chi connectivity index (χ0) is 18.1. The van der Waals surface area contributed by atoms with Gasteiger partial charge in [-0.05, 0) is 57.2 Å². The van der Waals surface area contributed by atoms with E-state index in [9.17, 15) is 4.79 Å². The summed E-state index contributed by atoms with van der Waals surface area (Å²) >= 11 is 0. The van der Waals surface area contributed by atoms with E-state index >= 15 is 0 Å². The van der Waals surface area contributed by atoms with Crippen LogP contribution in [0, 0.1) is 0 Å². The van der Waals surface area contributed by atoms with Crippen LogP contribution in [0.15, 0.2) is 48.5 Å². The Morgan fingerprint density at radius 3 is 2.48 bits per heavy atom. The fraction of sp³-hybridized carbons (Fsp3) is 0.350. The summed E-state index contributed by atoms with van der Waals surface area (Å²) in [5.74, 6) is 1.55. The first kappa shape index (κ1) is 18.6. The molecule has 0 fully saturated rings. The highest BCUT2D eigenvalue weighted by Crippen LogP contribution is 2.24. The van der Waals surface area contributed by atoms with E-state index in [2.05, 4.69) is 10.6 Å². The van der Waals surface area contributed by atoms with Gasteiger partial charge in [0.05, 0.1) is 18.4 Å². The van der Waals surface area contributed by atoms with Gasteiger partial charge in [-0.15, -0.1) is 0 Å². The molecule has 0 aliphatic heterocycles. The standard InChI is InChI=1S/C20H26N2O3/c1-4-24-17-11-9-16(10-12-17)22-20(23)13-14-21-18-7-5-6-8-19(18)25-15(2)3/h5-12,15,21H,4,13-14H2,1-3H3,(H,22,23). The summed E-state index contributed by atoms with van der Waals surface area (Å²) in [5, 5.41) is 6.13. The summed E-state index contributed by atoms with van der Waals surface area (Å²) < 4.78 is 11.1. The third-order valence-electron chi connectivity index (χ3n) is 3.37. The number of hydrogen-bond donors (Lipinski definition) is 2. The second-order valence-corrected chi connectivity index (χ2v) is 5.85. The number of rotatable bonds is 9. The molecule has 0 unspecified atom stereocenters. The number of benzene rings is 2. The van der Waals surface area contributed by atoms with Crippen molar-refractivity contribution >= 4 is 17.3 Å². The smallest absolute Gasteiger partial charge is 0.226 e. The first-order valence-corrected chi connectivity index (χ1v) is 8.60. The number of nitrogens with one attached hydrogen (secondary N) is 2. The number of ether oxygens (including phenoxy) is 2. The quantitative estimate of drug-likeness (QED) is 0.713. The van der Waals surface area contributed by atoms with E-state index in [4.69, 9.17) is 9.47 Å². The van der Waals surface area contributed by atoms with Crippen molar-refractivity contribution in [2.24, 2.45) is 0 Å². The van der Waals surface area contributed by atoms with Crippen LogP contribution in [0.3, 0.4) is 0 Å². The number of carbonyl (C=O) groups is 1. The lowest BCUT2D eigenvalue weighted by atomic mass is 10.2. The molecule has 0 spiro atoms. The first-order valence-electron chi connectivity index (χ1n) is 8.60. The third kappa shape index (κ3) is 6.37. The monoisotopic (exact) mass is 342 g/mol. The van der Waals surface area contributed by atoms with Gasteiger partial charge in [0.15, 0.2) is 0 Å². The molecule has 5 heteroatoms. The van der Waals surface area contributed by atoms with E-state index in [0.717, 1.165) is 22.9 Å². The van der Waals surface area contributed by atoms with Crippen LogP contribution in [-0.4, -0.2) is 25.2 Å². The fourth-order valence-electron chi connectivity index (χ4n) is 2.30. The molecule has 1 amide bonds. The molecule has 0 atom stereocenters. The van der Waals surface area contributed by atoms with Gasteiger partial charge in [0.1, 0.15) is 11.5 Å². The number of carbonyl (C=O) groups excluding carboxylic acids is 1. The zero-order valence-corrected chi connectivity index (χ0v) is 15.0. The first-order chi connectivity index (χ1) is 12.1. The van der Waals surface area contributed by atoms with Gasteiger partial charge in [0, 0.05) is 18.7 Å². The molecule has 2 aromatic rings. The van der Waals surface area contributed by atoms with Crippen LogP contribution in [0.1, 0.15) is 27.2 Å². The van der Waals surface area contributed by atoms with Crippen molar-refractivity contribution in [1.29, 1.82) is 0 Å². The van der Waals surface area contributed by atoms with Crippen LogP contribution in [0.4, 0.5) is 11.4 Å². The number of hydrogen-bond acceptors (Lipinski definition) is 4. The van der Waals surface area contributed by atoms with Crippen LogP contribution in [0.25, 0.3) is 0 Å². The number of para-hydroxylation sites is 2. The highest BCUT2D eigenvalue weighted by Gasteiger charge is 2.06. The average Bonchev–Trinajstić information content (AvgIpc) is 2.58. The van der Waals surface area contributed by atoms with Gasteiger partial charge >= 0.3 is 0 Å². The normalized spacial score (nSPS) is 10.4. The van der Waals surface area contributed by atoms with Crippen LogP contribution in [0.2, 0.25) is 0 Å². The fourth-order valence-corrected chi connectivity index (χ4v) is 2.30. The molecule has 2 rings (SSSR count). The van der Waals surface area contributed by atoms with Crippen LogP contribution >= 0.6 is 0 Å². The molecule has 0 saturated carbocycles.